The largest absolute Gasteiger partial charge is 0.401 e. The first-order valence-corrected chi connectivity index (χ1v) is 13.2. The van der Waals surface area contributed by atoms with Gasteiger partial charge in [0.15, 0.2) is 5.78 Å². The number of benzene rings is 3. The van der Waals surface area contributed by atoms with E-state index in [9.17, 15) is 22.8 Å². The molecule has 7 nitrogen and oxygen atoms in total. The van der Waals surface area contributed by atoms with E-state index in [4.69, 9.17) is 5.26 Å². The van der Waals surface area contributed by atoms with Gasteiger partial charge in [-0.25, -0.2) is 0 Å². The molecule has 1 aliphatic rings. The molecule has 0 bridgehead atoms. The fourth-order valence-corrected chi connectivity index (χ4v) is 5.05. The van der Waals surface area contributed by atoms with Gasteiger partial charge in [0.25, 0.3) is 5.91 Å². The standard InChI is InChI=1S/C31H28F3N5O2/c32-31(33,34)19-39-17-24(18-39)38-30(41)23-10-11-25-26(16-37-27(25)14-23)29(40)28(22-4-2-1-3-5-22)36-13-12-20-6-8-21(15-35)9-7-20/h1-11,14,16,24,28,36-37H,12-13,17-19H2,(H,38,41). The lowest BCUT2D eigenvalue weighted by atomic mass is 9.96. The molecule has 10 heteroatoms. The molecule has 1 unspecified atom stereocenters. The number of aromatic amines is 1. The lowest BCUT2D eigenvalue weighted by Crippen LogP contribution is -2.60. The second kappa shape index (κ2) is 12.0. The fraction of sp³-hybridized carbons (Fsp3) is 0.258. The maximum atomic E-state index is 13.8. The van der Waals surface area contributed by atoms with Crippen molar-refractivity contribution in [2.45, 2.75) is 24.7 Å². The third-order valence-corrected chi connectivity index (χ3v) is 7.14. The molecule has 4 aromatic rings. The zero-order valence-corrected chi connectivity index (χ0v) is 22.0. The van der Waals surface area contributed by atoms with Crippen molar-refractivity contribution >= 4 is 22.6 Å². The van der Waals surface area contributed by atoms with Gasteiger partial charge in [-0.1, -0.05) is 48.5 Å². The molecule has 1 aromatic heterocycles. The lowest BCUT2D eigenvalue weighted by Gasteiger charge is -2.39. The number of nitrogens with one attached hydrogen (secondary N) is 3. The van der Waals surface area contributed by atoms with E-state index >= 15 is 0 Å². The van der Waals surface area contributed by atoms with Crippen molar-refractivity contribution in [1.29, 1.82) is 5.26 Å². The number of hydrogen-bond donors (Lipinski definition) is 3. The number of nitriles is 1. The van der Waals surface area contributed by atoms with Gasteiger partial charge in [0.2, 0.25) is 0 Å². The highest BCUT2D eigenvalue weighted by Gasteiger charge is 2.37. The van der Waals surface area contributed by atoms with Gasteiger partial charge in [-0.15, -0.1) is 0 Å². The first-order chi connectivity index (χ1) is 19.7. The van der Waals surface area contributed by atoms with Gasteiger partial charge in [-0.2, -0.15) is 18.4 Å². The van der Waals surface area contributed by atoms with Crippen molar-refractivity contribution in [1.82, 2.24) is 20.5 Å². The van der Waals surface area contributed by atoms with Crippen LogP contribution in [-0.4, -0.2) is 60.0 Å². The minimum Gasteiger partial charge on any atom is -0.360 e. The number of H-pyrrole nitrogens is 1. The Morgan fingerprint density at radius 1 is 1.05 bits per heavy atom. The highest BCUT2D eigenvalue weighted by Crippen LogP contribution is 2.26. The number of carbonyl (C=O) groups is 2. The smallest absolute Gasteiger partial charge is 0.360 e. The summed E-state index contributed by atoms with van der Waals surface area (Å²) in [7, 11) is 0. The number of likely N-dealkylation sites (tertiary alicyclic amines) is 1. The van der Waals surface area contributed by atoms with Crippen LogP contribution < -0.4 is 10.6 Å². The summed E-state index contributed by atoms with van der Waals surface area (Å²) in [5.41, 5.74) is 3.90. The average molecular weight is 560 g/mol. The van der Waals surface area contributed by atoms with E-state index in [1.54, 1.807) is 36.5 Å². The van der Waals surface area contributed by atoms with E-state index < -0.39 is 18.8 Å². The number of hydrogen-bond acceptors (Lipinski definition) is 5. The molecule has 3 aromatic carbocycles. The molecule has 0 radical (unpaired) electrons. The Bertz CT molecular complexity index is 1570. The number of halogens is 3. The average Bonchev–Trinajstić information content (AvgIpc) is 3.37. The highest BCUT2D eigenvalue weighted by atomic mass is 19.4. The third kappa shape index (κ3) is 6.82. The van der Waals surface area contributed by atoms with Crippen molar-refractivity contribution in [3.63, 3.8) is 0 Å². The molecule has 1 aliphatic heterocycles. The molecule has 0 aliphatic carbocycles. The summed E-state index contributed by atoms with van der Waals surface area (Å²) in [6.45, 7) is -0.161. The van der Waals surface area contributed by atoms with Crippen molar-refractivity contribution in [3.8, 4) is 6.07 Å². The number of ketones is 1. The molecule has 0 spiro atoms. The number of alkyl halides is 3. The van der Waals surface area contributed by atoms with Crippen LogP contribution in [0.4, 0.5) is 13.2 Å². The van der Waals surface area contributed by atoms with Crippen LogP contribution in [0.15, 0.2) is 79.0 Å². The van der Waals surface area contributed by atoms with Gasteiger partial charge in [-0.05, 0) is 41.8 Å². The van der Waals surface area contributed by atoms with Gasteiger partial charge in [-0.3, -0.25) is 14.5 Å². The first kappa shape index (κ1) is 28.1. The molecular formula is C31H28F3N5O2. The molecule has 1 saturated heterocycles. The summed E-state index contributed by atoms with van der Waals surface area (Å²) in [4.78, 5) is 30.9. The van der Waals surface area contributed by atoms with Crippen molar-refractivity contribution in [2.24, 2.45) is 0 Å². The summed E-state index contributed by atoms with van der Waals surface area (Å²) in [5, 5.41) is 15.8. The molecule has 41 heavy (non-hydrogen) atoms. The maximum absolute atomic E-state index is 13.8. The summed E-state index contributed by atoms with van der Waals surface area (Å²) in [5.74, 6) is -0.503. The van der Waals surface area contributed by atoms with Crippen LogP contribution in [0.25, 0.3) is 10.9 Å². The predicted octanol–water partition coefficient (Wildman–Crippen LogP) is 4.77. The molecule has 5 rings (SSSR count). The minimum atomic E-state index is -4.26. The molecule has 0 saturated carbocycles. The summed E-state index contributed by atoms with van der Waals surface area (Å²) in [6, 6.07) is 22.9. The number of nitrogens with zero attached hydrogens (tertiary/aromatic N) is 2. The van der Waals surface area contributed by atoms with Gasteiger partial charge < -0.3 is 15.6 Å². The maximum Gasteiger partial charge on any atom is 0.401 e. The van der Waals surface area contributed by atoms with Gasteiger partial charge in [0.05, 0.1) is 30.3 Å². The number of carbonyl (C=O) groups excluding carboxylic acids is 2. The Morgan fingerprint density at radius 2 is 1.78 bits per heavy atom. The van der Waals surface area contributed by atoms with E-state index in [1.165, 1.54) is 4.90 Å². The molecule has 1 amide bonds. The minimum absolute atomic E-state index is 0.126. The van der Waals surface area contributed by atoms with E-state index in [-0.39, 0.29) is 30.8 Å². The lowest BCUT2D eigenvalue weighted by molar-refractivity contribution is -0.155. The van der Waals surface area contributed by atoms with Crippen molar-refractivity contribution < 1.29 is 22.8 Å². The Labute approximate surface area is 235 Å². The quantitative estimate of drug-likeness (QED) is 0.243. The molecule has 1 fully saturated rings. The topological polar surface area (TPSA) is 101 Å². The van der Waals surface area contributed by atoms with Crippen molar-refractivity contribution in [3.05, 3.63) is 107 Å². The first-order valence-electron chi connectivity index (χ1n) is 13.2. The van der Waals surface area contributed by atoms with E-state index in [2.05, 4.69) is 21.7 Å². The van der Waals surface area contributed by atoms with E-state index in [1.807, 2.05) is 42.5 Å². The molecule has 3 N–H and O–H groups in total. The summed E-state index contributed by atoms with van der Waals surface area (Å²) < 4.78 is 37.6. The van der Waals surface area contributed by atoms with Crippen LogP contribution in [0.2, 0.25) is 0 Å². The van der Waals surface area contributed by atoms with E-state index in [0.717, 1.165) is 11.1 Å². The molecular weight excluding hydrogens is 531 g/mol. The van der Waals surface area contributed by atoms with Crippen LogP contribution in [0.5, 0.6) is 0 Å². The molecule has 2 heterocycles. The molecule has 1 atom stereocenters. The monoisotopic (exact) mass is 559 g/mol. The summed E-state index contributed by atoms with van der Waals surface area (Å²) in [6.07, 6.45) is -1.96. The Balaban J connectivity index is 1.27. The van der Waals surface area contributed by atoms with Crippen LogP contribution in [-0.2, 0) is 6.42 Å². The van der Waals surface area contributed by atoms with Crippen molar-refractivity contribution in [2.75, 3.05) is 26.2 Å². The second-order valence-electron chi connectivity index (χ2n) is 10.2. The summed E-state index contributed by atoms with van der Waals surface area (Å²) >= 11 is 0. The van der Waals surface area contributed by atoms with Crippen LogP contribution in [0.3, 0.4) is 0 Å². The number of amides is 1. The Hall–Kier alpha value is -4.46. The number of fused-ring (bicyclic) bond motifs is 1. The highest BCUT2D eigenvalue weighted by molar-refractivity contribution is 6.11. The normalized spacial score (nSPS) is 14.8. The van der Waals surface area contributed by atoms with Gasteiger partial charge in [0, 0.05) is 47.9 Å². The zero-order valence-electron chi connectivity index (χ0n) is 22.0. The van der Waals surface area contributed by atoms with Crippen LogP contribution in [0, 0.1) is 11.3 Å². The van der Waals surface area contributed by atoms with Gasteiger partial charge >= 0.3 is 6.18 Å². The van der Waals surface area contributed by atoms with Crippen LogP contribution in [0.1, 0.15) is 43.4 Å². The molecule has 210 valence electrons. The second-order valence-corrected chi connectivity index (χ2v) is 10.2. The Morgan fingerprint density at radius 3 is 2.46 bits per heavy atom. The predicted molar refractivity (Wildman–Crippen MR) is 148 cm³/mol. The number of aromatic nitrogens is 1. The van der Waals surface area contributed by atoms with E-state index in [0.29, 0.717) is 40.6 Å². The zero-order chi connectivity index (χ0) is 29.0. The van der Waals surface area contributed by atoms with Gasteiger partial charge in [0.1, 0.15) is 0 Å². The third-order valence-electron chi connectivity index (χ3n) is 7.14. The number of rotatable bonds is 10. The SMILES string of the molecule is N#Cc1ccc(CCNC(C(=O)c2c[nH]c3cc(C(=O)NC4CN(CC(F)(F)F)C4)ccc23)c2ccccc2)cc1. The number of Topliss-reactive ketones (excluding diaryl/α,β-unsaturated/α-hetero) is 1. The fourth-order valence-electron chi connectivity index (χ4n) is 5.05. The Kier molecular flexibility index (Phi) is 8.19. The van der Waals surface area contributed by atoms with Crippen LogP contribution >= 0.6 is 0 Å².